The van der Waals surface area contributed by atoms with Crippen LogP contribution in [0.25, 0.3) is 0 Å². The van der Waals surface area contributed by atoms with E-state index in [1.807, 2.05) is 7.05 Å². The lowest BCUT2D eigenvalue weighted by Crippen LogP contribution is -2.26. The molecule has 1 aliphatic heterocycles. The van der Waals surface area contributed by atoms with E-state index in [1.165, 1.54) is 49.2 Å². The zero-order chi connectivity index (χ0) is 13.1. The van der Waals surface area contributed by atoms with Crippen molar-refractivity contribution in [3.8, 4) is 0 Å². The molecule has 1 N–H and O–H groups in total. The number of fused-ring (bicyclic) bond motifs is 1. The minimum atomic E-state index is 0.765. The van der Waals surface area contributed by atoms with Crippen LogP contribution in [0.15, 0.2) is 6.33 Å². The van der Waals surface area contributed by atoms with E-state index in [0.29, 0.717) is 0 Å². The van der Waals surface area contributed by atoms with Gasteiger partial charge in [0.15, 0.2) is 0 Å². The van der Waals surface area contributed by atoms with Crippen molar-refractivity contribution in [1.29, 1.82) is 0 Å². The number of nitrogens with zero attached hydrogens (tertiary/aromatic N) is 3. The Kier molecular flexibility index (Phi) is 3.97. The van der Waals surface area contributed by atoms with Crippen molar-refractivity contribution in [3.05, 3.63) is 17.6 Å². The molecule has 1 aliphatic carbocycles. The van der Waals surface area contributed by atoms with Gasteiger partial charge in [0.05, 0.1) is 0 Å². The predicted octanol–water partition coefficient (Wildman–Crippen LogP) is 1.79. The lowest BCUT2D eigenvalue weighted by atomic mass is 10.1. The molecule has 3 rings (SSSR count). The summed E-state index contributed by atoms with van der Waals surface area (Å²) in [5.74, 6) is 1.99. The van der Waals surface area contributed by atoms with Crippen LogP contribution in [-0.2, 0) is 12.8 Å². The molecule has 0 bridgehead atoms. The van der Waals surface area contributed by atoms with Crippen LogP contribution in [-0.4, -0.2) is 36.6 Å². The molecule has 0 amide bonds. The van der Waals surface area contributed by atoms with Gasteiger partial charge in [-0.2, -0.15) is 0 Å². The first kappa shape index (κ1) is 12.9. The van der Waals surface area contributed by atoms with Gasteiger partial charge >= 0.3 is 0 Å². The second kappa shape index (κ2) is 5.87. The third-order valence-corrected chi connectivity index (χ3v) is 4.43. The van der Waals surface area contributed by atoms with Crippen LogP contribution < -0.4 is 10.2 Å². The Hall–Kier alpha value is -1.16. The summed E-state index contributed by atoms with van der Waals surface area (Å²) in [6, 6.07) is 0. The highest BCUT2D eigenvalue weighted by molar-refractivity contribution is 5.50. The first-order valence-electron chi connectivity index (χ1n) is 7.61. The second-order valence-electron chi connectivity index (χ2n) is 5.84. The second-order valence-corrected chi connectivity index (χ2v) is 5.84. The highest BCUT2D eigenvalue weighted by Crippen LogP contribution is 2.29. The van der Waals surface area contributed by atoms with E-state index in [4.69, 9.17) is 0 Å². The molecule has 0 radical (unpaired) electrons. The molecular weight excluding hydrogens is 236 g/mol. The summed E-state index contributed by atoms with van der Waals surface area (Å²) in [7, 11) is 2.04. The Morgan fingerprint density at radius 3 is 3.05 bits per heavy atom. The topological polar surface area (TPSA) is 41.0 Å². The van der Waals surface area contributed by atoms with Crippen molar-refractivity contribution in [1.82, 2.24) is 15.3 Å². The zero-order valence-corrected chi connectivity index (χ0v) is 11.9. The van der Waals surface area contributed by atoms with Crippen LogP contribution in [0.1, 0.15) is 36.9 Å². The fourth-order valence-electron chi connectivity index (χ4n) is 3.43. The molecule has 104 valence electrons. The predicted molar refractivity (Wildman–Crippen MR) is 77.5 cm³/mol. The van der Waals surface area contributed by atoms with Crippen molar-refractivity contribution in [3.63, 3.8) is 0 Å². The van der Waals surface area contributed by atoms with Crippen molar-refractivity contribution in [2.75, 3.05) is 31.6 Å². The largest absolute Gasteiger partial charge is 0.356 e. The molecule has 1 aromatic rings. The Morgan fingerprint density at radius 2 is 2.16 bits per heavy atom. The number of hydrogen-bond acceptors (Lipinski definition) is 4. The van der Waals surface area contributed by atoms with Crippen molar-refractivity contribution >= 4 is 5.82 Å². The number of hydrogen-bond donors (Lipinski definition) is 1. The average molecular weight is 260 g/mol. The quantitative estimate of drug-likeness (QED) is 0.841. The van der Waals surface area contributed by atoms with Crippen molar-refractivity contribution in [2.24, 2.45) is 5.92 Å². The van der Waals surface area contributed by atoms with Crippen LogP contribution in [0.5, 0.6) is 0 Å². The molecule has 1 aromatic heterocycles. The van der Waals surface area contributed by atoms with Gasteiger partial charge in [-0.15, -0.1) is 0 Å². The van der Waals surface area contributed by atoms with E-state index in [0.717, 1.165) is 32.0 Å². The molecule has 1 unspecified atom stereocenters. The molecule has 19 heavy (non-hydrogen) atoms. The molecule has 0 aromatic carbocycles. The third-order valence-electron chi connectivity index (χ3n) is 4.43. The highest BCUT2D eigenvalue weighted by Gasteiger charge is 2.26. The minimum absolute atomic E-state index is 0.765. The fraction of sp³-hybridized carbons (Fsp3) is 0.733. The lowest BCUT2D eigenvalue weighted by molar-refractivity contribution is 0.548. The summed E-state index contributed by atoms with van der Waals surface area (Å²) in [6.45, 7) is 3.41. The van der Waals surface area contributed by atoms with E-state index in [-0.39, 0.29) is 0 Å². The molecule has 1 fully saturated rings. The summed E-state index contributed by atoms with van der Waals surface area (Å²) >= 11 is 0. The molecule has 2 aliphatic rings. The van der Waals surface area contributed by atoms with E-state index >= 15 is 0 Å². The van der Waals surface area contributed by atoms with Gasteiger partial charge in [-0.25, -0.2) is 9.97 Å². The summed E-state index contributed by atoms with van der Waals surface area (Å²) in [6.07, 6.45) is 9.26. The maximum atomic E-state index is 4.60. The number of anilines is 1. The third kappa shape index (κ3) is 2.73. The smallest absolute Gasteiger partial charge is 0.135 e. The Balaban J connectivity index is 1.81. The number of rotatable bonds is 3. The van der Waals surface area contributed by atoms with E-state index in [1.54, 1.807) is 6.33 Å². The Labute approximate surface area is 115 Å². The van der Waals surface area contributed by atoms with Crippen LogP contribution in [0, 0.1) is 5.92 Å². The van der Waals surface area contributed by atoms with Crippen LogP contribution in [0.4, 0.5) is 5.82 Å². The van der Waals surface area contributed by atoms with E-state index in [9.17, 15) is 0 Å². The Bertz CT molecular complexity index is 432. The van der Waals surface area contributed by atoms with E-state index < -0.39 is 0 Å². The zero-order valence-electron chi connectivity index (χ0n) is 11.9. The van der Waals surface area contributed by atoms with Gasteiger partial charge in [0.25, 0.3) is 0 Å². The molecule has 4 nitrogen and oxygen atoms in total. The van der Waals surface area contributed by atoms with Gasteiger partial charge in [0.2, 0.25) is 0 Å². The SMILES string of the molecule is CNCC1CCN(c2ncnc3c2CCCCC3)C1. The summed E-state index contributed by atoms with van der Waals surface area (Å²) in [5, 5.41) is 3.29. The van der Waals surface area contributed by atoms with E-state index in [2.05, 4.69) is 20.2 Å². The number of aromatic nitrogens is 2. The molecular formula is C15H24N4. The average Bonchev–Trinajstić information content (AvgIpc) is 2.75. The Morgan fingerprint density at radius 1 is 1.26 bits per heavy atom. The first-order valence-corrected chi connectivity index (χ1v) is 7.61. The summed E-state index contributed by atoms with van der Waals surface area (Å²) in [5.41, 5.74) is 2.74. The first-order chi connectivity index (χ1) is 9.38. The summed E-state index contributed by atoms with van der Waals surface area (Å²) < 4.78 is 0. The maximum absolute atomic E-state index is 4.60. The van der Waals surface area contributed by atoms with Gasteiger partial charge in [0.1, 0.15) is 12.1 Å². The van der Waals surface area contributed by atoms with Gasteiger partial charge in [-0.05, 0) is 51.6 Å². The molecule has 1 atom stereocenters. The van der Waals surface area contributed by atoms with Crippen LogP contribution in [0.2, 0.25) is 0 Å². The van der Waals surface area contributed by atoms with Crippen LogP contribution >= 0.6 is 0 Å². The fourth-order valence-corrected chi connectivity index (χ4v) is 3.43. The van der Waals surface area contributed by atoms with Gasteiger partial charge in [0, 0.05) is 24.3 Å². The molecule has 4 heteroatoms. The lowest BCUT2D eigenvalue weighted by Gasteiger charge is -2.21. The molecule has 0 spiro atoms. The monoisotopic (exact) mass is 260 g/mol. The number of nitrogens with one attached hydrogen (secondary N) is 1. The van der Waals surface area contributed by atoms with Gasteiger partial charge in [-0.3, -0.25) is 0 Å². The molecule has 1 saturated heterocycles. The van der Waals surface area contributed by atoms with Crippen molar-refractivity contribution in [2.45, 2.75) is 38.5 Å². The minimum Gasteiger partial charge on any atom is -0.356 e. The van der Waals surface area contributed by atoms with Crippen molar-refractivity contribution < 1.29 is 0 Å². The highest BCUT2D eigenvalue weighted by atomic mass is 15.2. The normalized spacial score (nSPS) is 23.2. The maximum Gasteiger partial charge on any atom is 0.135 e. The van der Waals surface area contributed by atoms with Crippen LogP contribution in [0.3, 0.4) is 0 Å². The number of aryl methyl sites for hydroxylation is 1. The van der Waals surface area contributed by atoms with Gasteiger partial charge < -0.3 is 10.2 Å². The standard InChI is InChI=1S/C15H24N4/c1-16-9-12-7-8-19(10-12)15-13-5-3-2-4-6-14(13)17-11-18-15/h11-12,16H,2-10H2,1H3. The van der Waals surface area contributed by atoms with Gasteiger partial charge in [-0.1, -0.05) is 6.42 Å². The summed E-state index contributed by atoms with van der Waals surface area (Å²) in [4.78, 5) is 11.6. The molecule has 0 saturated carbocycles. The molecule has 2 heterocycles.